The lowest BCUT2D eigenvalue weighted by molar-refractivity contribution is 0.172. The lowest BCUT2D eigenvalue weighted by Crippen LogP contribution is -2.36. The maximum atomic E-state index is 6.11. The zero-order chi connectivity index (χ0) is 22.3. The zero-order valence-corrected chi connectivity index (χ0v) is 19.2. The molecule has 2 heterocycles. The number of hydrogen-bond acceptors (Lipinski definition) is 4. The molecule has 2 aromatic carbocycles. The van der Waals surface area contributed by atoms with Gasteiger partial charge in [-0.15, -0.1) is 0 Å². The maximum Gasteiger partial charge on any atom is 0.563 e. The first-order valence-corrected chi connectivity index (χ1v) is 10.8. The van der Waals surface area contributed by atoms with E-state index in [4.69, 9.17) is 18.6 Å². The van der Waals surface area contributed by atoms with Crippen molar-refractivity contribution in [1.29, 1.82) is 0 Å². The van der Waals surface area contributed by atoms with Crippen LogP contribution in [0.4, 0.5) is 0 Å². The topological polar surface area (TPSA) is 36.9 Å². The Bertz CT molecular complexity index is 1040. The minimum atomic E-state index is -0.490. The Kier molecular flexibility index (Phi) is 4.16. The second-order valence-electron chi connectivity index (χ2n) is 10.2. The van der Waals surface area contributed by atoms with Crippen molar-refractivity contribution in [1.82, 2.24) is 0 Å². The first-order valence-electron chi connectivity index (χ1n) is 10.8. The lowest BCUT2D eigenvalue weighted by atomic mass is 9.73. The van der Waals surface area contributed by atoms with Gasteiger partial charge in [0.25, 0.3) is 0 Å². The minimum absolute atomic E-state index is 0.174. The first kappa shape index (κ1) is 20.5. The Hall–Kier alpha value is -2.43. The highest BCUT2D eigenvalue weighted by atomic mass is 16.7. The van der Waals surface area contributed by atoms with Gasteiger partial charge in [-0.1, -0.05) is 63.4 Å². The molecule has 2 saturated heterocycles. The highest BCUT2D eigenvalue weighted by Gasteiger charge is 2.46. The van der Waals surface area contributed by atoms with Crippen molar-refractivity contribution in [2.45, 2.75) is 58.2 Å². The minimum Gasteiger partial charge on any atom is -0.534 e. The average Bonchev–Trinajstić information content (AvgIpc) is 3.22. The van der Waals surface area contributed by atoms with Gasteiger partial charge in [0.15, 0.2) is 0 Å². The second kappa shape index (κ2) is 6.30. The van der Waals surface area contributed by atoms with E-state index in [-0.39, 0.29) is 5.41 Å². The normalized spacial score (nSPS) is 22.3. The van der Waals surface area contributed by atoms with Crippen LogP contribution >= 0.6 is 0 Å². The van der Waals surface area contributed by atoms with Crippen molar-refractivity contribution in [3.8, 4) is 11.1 Å². The summed E-state index contributed by atoms with van der Waals surface area (Å²) in [4.78, 5) is 0. The van der Waals surface area contributed by atoms with Crippen molar-refractivity contribution < 1.29 is 18.6 Å². The SMILES string of the molecule is C=C1OB(c2ccc3c(c2)C(C)(C)c2cc(B4OC(=C)C(C)(C)O4)ccc2-3)OC1(C)C. The van der Waals surface area contributed by atoms with Crippen LogP contribution in [0.5, 0.6) is 0 Å². The van der Waals surface area contributed by atoms with E-state index in [1.54, 1.807) is 0 Å². The molecule has 0 unspecified atom stereocenters. The number of fused-ring (bicyclic) bond motifs is 3. The molecule has 6 heteroatoms. The summed E-state index contributed by atoms with van der Waals surface area (Å²) in [6, 6.07) is 12.9. The predicted octanol–water partition coefficient (Wildman–Crippen LogP) is 4.06. The Morgan fingerprint density at radius 3 is 1.35 bits per heavy atom. The van der Waals surface area contributed by atoms with Crippen molar-refractivity contribution >= 4 is 25.2 Å². The van der Waals surface area contributed by atoms with E-state index in [2.05, 4.69) is 63.4 Å². The zero-order valence-electron chi connectivity index (χ0n) is 19.2. The van der Waals surface area contributed by atoms with Gasteiger partial charge in [-0.2, -0.15) is 0 Å². The summed E-state index contributed by atoms with van der Waals surface area (Å²) in [6.45, 7) is 20.4. The molecule has 2 fully saturated rings. The Morgan fingerprint density at radius 2 is 1.03 bits per heavy atom. The monoisotopic (exact) mass is 414 g/mol. The Labute approximate surface area is 185 Å². The van der Waals surface area contributed by atoms with Gasteiger partial charge in [0.05, 0.1) is 11.5 Å². The molecule has 0 amide bonds. The molecule has 0 spiro atoms. The first-order chi connectivity index (χ1) is 14.4. The third-order valence-electron chi connectivity index (χ3n) is 6.91. The molecule has 4 nitrogen and oxygen atoms in total. The molecule has 0 atom stereocenters. The van der Waals surface area contributed by atoms with Crippen LogP contribution in [0.25, 0.3) is 11.1 Å². The highest BCUT2D eigenvalue weighted by molar-refractivity contribution is 6.63. The van der Waals surface area contributed by atoms with Gasteiger partial charge in [0.2, 0.25) is 0 Å². The number of hydrogen-bond donors (Lipinski definition) is 0. The highest BCUT2D eigenvalue weighted by Crippen LogP contribution is 2.48. The van der Waals surface area contributed by atoms with Crippen molar-refractivity contribution in [2.75, 3.05) is 0 Å². The fourth-order valence-corrected chi connectivity index (χ4v) is 4.60. The smallest absolute Gasteiger partial charge is 0.534 e. The van der Waals surface area contributed by atoms with E-state index in [0.29, 0.717) is 11.5 Å². The van der Waals surface area contributed by atoms with Crippen molar-refractivity contribution in [3.63, 3.8) is 0 Å². The summed E-state index contributed by atoms with van der Waals surface area (Å²) in [6.07, 6.45) is 0. The van der Waals surface area contributed by atoms with E-state index in [1.165, 1.54) is 22.3 Å². The molecule has 5 rings (SSSR count). The summed E-state index contributed by atoms with van der Waals surface area (Å²) in [5, 5.41) is 0. The summed E-state index contributed by atoms with van der Waals surface area (Å²) in [5.41, 5.74) is 5.86. The largest absolute Gasteiger partial charge is 0.563 e. The third-order valence-corrected chi connectivity index (χ3v) is 6.91. The van der Waals surface area contributed by atoms with Crippen LogP contribution in [-0.2, 0) is 24.0 Å². The maximum absolute atomic E-state index is 6.11. The molecule has 0 radical (unpaired) electrons. The van der Waals surface area contributed by atoms with Crippen LogP contribution in [-0.4, -0.2) is 25.4 Å². The summed E-state index contributed by atoms with van der Waals surface area (Å²) in [5.74, 6) is 1.32. The van der Waals surface area contributed by atoms with E-state index < -0.39 is 25.4 Å². The molecule has 3 aliphatic rings. The van der Waals surface area contributed by atoms with Crippen molar-refractivity contribution in [3.05, 3.63) is 72.2 Å². The van der Waals surface area contributed by atoms with Gasteiger partial charge in [0.1, 0.15) is 11.2 Å². The summed E-state index contributed by atoms with van der Waals surface area (Å²) in [7, 11) is -0.868. The van der Waals surface area contributed by atoms with Gasteiger partial charge >= 0.3 is 14.2 Å². The van der Waals surface area contributed by atoms with Crippen LogP contribution < -0.4 is 10.9 Å². The second-order valence-corrected chi connectivity index (χ2v) is 10.2. The molecule has 2 aliphatic heterocycles. The molecule has 2 aromatic rings. The van der Waals surface area contributed by atoms with E-state index >= 15 is 0 Å². The van der Waals surface area contributed by atoms with Gasteiger partial charge in [-0.05, 0) is 60.9 Å². The molecular formula is C25H28B2O4. The summed E-state index contributed by atoms with van der Waals surface area (Å²) >= 11 is 0. The van der Waals surface area contributed by atoms with Crippen LogP contribution in [0.15, 0.2) is 61.1 Å². The van der Waals surface area contributed by atoms with E-state index in [9.17, 15) is 0 Å². The van der Waals surface area contributed by atoms with Crippen molar-refractivity contribution in [2.24, 2.45) is 0 Å². The Morgan fingerprint density at radius 1 is 0.645 bits per heavy atom. The van der Waals surface area contributed by atoms with Crippen LogP contribution in [0.2, 0.25) is 0 Å². The standard InChI is InChI=1S/C25H28B2O4/c1-15-24(5,6)30-26(28-15)17-9-11-19-20-12-10-18(27-29-16(2)25(7,8)31-27)14-22(20)23(3,4)21(19)13-17/h9-14H,1-2H2,3-8H3. The van der Waals surface area contributed by atoms with E-state index in [1.807, 2.05) is 27.7 Å². The van der Waals surface area contributed by atoms with Crippen LogP contribution in [0.1, 0.15) is 52.7 Å². The van der Waals surface area contributed by atoms with E-state index in [0.717, 1.165) is 10.9 Å². The lowest BCUT2D eigenvalue weighted by Gasteiger charge is -2.23. The average molecular weight is 414 g/mol. The van der Waals surface area contributed by atoms with Gasteiger partial charge in [-0.25, -0.2) is 0 Å². The van der Waals surface area contributed by atoms with Gasteiger partial charge in [-0.3, -0.25) is 0 Å². The number of rotatable bonds is 2. The molecule has 158 valence electrons. The number of benzene rings is 2. The molecule has 0 saturated carbocycles. The fraction of sp³-hybridized carbons (Fsp3) is 0.360. The predicted molar refractivity (Wildman–Crippen MR) is 126 cm³/mol. The quantitative estimate of drug-likeness (QED) is 0.695. The molecule has 0 bridgehead atoms. The molecule has 0 aromatic heterocycles. The fourth-order valence-electron chi connectivity index (χ4n) is 4.60. The third kappa shape index (κ3) is 3.00. The molecular weight excluding hydrogens is 386 g/mol. The van der Waals surface area contributed by atoms with Crippen LogP contribution in [0.3, 0.4) is 0 Å². The van der Waals surface area contributed by atoms with Gasteiger partial charge in [0, 0.05) is 5.41 Å². The Balaban J connectivity index is 1.51. The van der Waals surface area contributed by atoms with Gasteiger partial charge < -0.3 is 18.6 Å². The molecule has 0 N–H and O–H groups in total. The summed E-state index contributed by atoms with van der Waals surface area (Å²) < 4.78 is 24.1. The molecule has 31 heavy (non-hydrogen) atoms. The van der Waals surface area contributed by atoms with Crippen LogP contribution in [0, 0.1) is 0 Å². The molecule has 1 aliphatic carbocycles.